The van der Waals surface area contributed by atoms with E-state index in [4.69, 9.17) is 0 Å². The zero-order valence-electron chi connectivity index (χ0n) is 10.4. The van der Waals surface area contributed by atoms with Crippen molar-refractivity contribution in [1.29, 1.82) is 0 Å². The lowest BCUT2D eigenvalue weighted by molar-refractivity contribution is 0.496. The summed E-state index contributed by atoms with van der Waals surface area (Å²) in [6.45, 7) is 5.48. The van der Waals surface area contributed by atoms with Crippen molar-refractivity contribution in [2.45, 2.75) is 36.8 Å². The molecule has 1 aromatic rings. The van der Waals surface area contributed by atoms with Crippen molar-refractivity contribution < 1.29 is 8.42 Å². The van der Waals surface area contributed by atoms with Crippen molar-refractivity contribution in [3.8, 4) is 0 Å². The number of benzene rings is 1. The SMILES string of the molecule is Cc1cc(C)cc(S(=O)(=O)C2CCNCC2)c1. The topological polar surface area (TPSA) is 46.2 Å². The van der Waals surface area contributed by atoms with Gasteiger partial charge < -0.3 is 5.32 Å². The minimum atomic E-state index is -3.15. The Morgan fingerprint density at radius 1 is 1.06 bits per heavy atom. The lowest BCUT2D eigenvalue weighted by Gasteiger charge is -2.23. The lowest BCUT2D eigenvalue weighted by atomic mass is 10.2. The Bertz CT molecular complexity index is 482. The zero-order valence-corrected chi connectivity index (χ0v) is 11.2. The minimum absolute atomic E-state index is 0.218. The van der Waals surface area contributed by atoms with Crippen LogP contribution in [0.2, 0.25) is 0 Å². The molecule has 1 aliphatic rings. The molecule has 1 saturated heterocycles. The van der Waals surface area contributed by atoms with Crippen LogP contribution in [0.4, 0.5) is 0 Å². The largest absolute Gasteiger partial charge is 0.317 e. The van der Waals surface area contributed by atoms with Crippen LogP contribution < -0.4 is 5.32 Å². The molecule has 4 heteroatoms. The molecule has 0 spiro atoms. The third-order valence-corrected chi connectivity index (χ3v) is 5.49. The molecule has 94 valence electrons. The molecular weight excluding hydrogens is 234 g/mol. The van der Waals surface area contributed by atoms with Crippen LogP contribution in [0.1, 0.15) is 24.0 Å². The summed E-state index contributed by atoms with van der Waals surface area (Å²) < 4.78 is 24.9. The second-order valence-corrected chi connectivity index (χ2v) is 7.05. The van der Waals surface area contributed by atoms with Gasteiger partial charge in [-0.15, -0.1) is 0 Å². The second-order valence-electron chi connectivity index (χ2n) is 4.82. The van der Waals surface area contributed by atoms with E-state index in [-0.39, 0.29) is 5.25 Å². The fourth-order valence-corrected chi connectivity index (χ4v) is 4.34. The Kier molecular flexibility index (Phi) is 3.54. The molecule has 0 aromatic heterocycles. The Morgan fingerprint density at radius 3 is 2.12 bits per heavy atom. The van der Waals surface area contributed by atoms with Crippen LogP contribution in [0.3, 0.4) is 0 Å². The van der Waals surface area contributed by atoms with Crippen LogP contribution in [0, 0.1) is 13.8 Å². The van der Waals surface area contributed by atoms with E-state index in [9.17, 15) is 8.42 Å². The molecule has 1 fully saturated rings. The van der Waals surface area contributed by atoms with Crippen molar-refractivity contribution in [3.05, 3.63) is 29.3 Å². The highest BCUT2D eigenvalue weighted by Gasteiger charge is 2.28. The van der Waals surface area contributed by atoms with Gasteiger partial charge in [0.2, 0.25) is 0 Å². The predicted molar refractivity (Wildman–Crippen MR) is 69.0 cm³/mol. The van der Waals surface area contributed by atoms with Gasteiger partial charge in [-0.2, -0.15) is 0 Å². The van der Waals surface area contributed by atoms with E-state index in [1.54, 1.807) is 12.1 Å². The van der Waals surface area contributed by atoms with Crippen molar-refractivity contribution in [1.82, 2.24) is 5.32 Å². The monoisotopic (exact) mass is 253 g/mol. The average Bonchev–Trinajstić information content (AvgIpc) is 2.29. The number of hydrogen-bond donors (Lipinski definition) is 1. The van der Waals surface area contributed by atoms with Gasteiger partial charge in [-0.3, -0.25) is 0 Å². The first kappa shape index (κ1) is 12.6. The van der Waals surface area contributed by atoms with Gasteiger partial charge in [0.15, 0.2) is 9.84 Å². The Morgan fingerprint density at radius 2 is 1.59 bits per heavy atom. The van der Waals surface area contributed by atoms with E-state index >= 15 is 0 Å². The fraction of sp³-hybridized carbons (Fsp3) is 0.538. The maximum absolute atomic E-state index is 12.5. The average molecular weight is 253 g/mol. The van der Waals surface area contributed by atoms with Crippen LogP contribution in [0.25, 0.3) is 0 Å². The molecule has 1 aliphatic heterocycles. The number of rotatable bonds is 2. The highest BCUT2D eigenvalue weighted by atomic mass is 32.2. The van der Waals surface area contributed by atoms with Gasteiger partial charge in [0.1, 0.15) is 0 Å². The Labute approximate surface area is 103 Å². The van der Waals surface area contributed by atoms with E-state index in [1.165, 1.54) is 0 Å². The summed E-state index contributed by atoms with van der Waals surface area (Å²) in [5.41, 5.74) is 2.02. The summed E-state index contributed by atoms with van der Waals surface area (Å²) in [6, 6.07) is 5.57. The van der Waals surface area contributed by atoms with Crippen LogP contribution >= 0.6 is 0 Å². The molecule has 0 amide bonds. The molecule has 0 atom stereocenters. The second kappa shape index (κ2) is 4.78. The van der Waals surface area contributed by atoms with Crippen molar-refractivity contribution in [2.75, 3.05) is 13.1 Å². The molecule has 1 heterocycles. The summed E-state index contributed by atoms with van der Waals surface area (Å²) in [4.78, 5) is 0.488. The first-order chi connectivity index (χ1) is 8.00. The van der Waals surface area contributed by atoms with E-state index in [0.29, 0.717) is 4.90 Å². The van der Waals surface area contributed by atoms with Gasteiger partial charge in [-0.25, -0.2) is 8.42 Å². The minimum Gasteiger partial charge on any atom is -0.317 e. The quantitative estimate of drug-likeness (QED) is 0.874. The highest BCUT2D eigenvalue weighted by molar-refractivity contribution is 7.92. The van der Waals surface area contributed by atoms with Crippen LogP contribution in [-0.4, -0.2) is 26.8 Å². The molecule has 0 aliphatic carbocycles. The predicted octanol–water partition coefficient (Wildman–Crippen LogP) is 1.83. The van der Waals surface area contributed by atoms with Crippen molar-refractivity contribution in [2.24, 2.45) is 0 Å². The third-order valence-electron chi connectivity index (χ3n) is 3.25. The lowest BCUT2D eigenvalue weighted by Crippen LogP contribution is -2.35. The van der Waals surface area contributed by atoms with Crippen molar-refractivity contribution >= 4 is 9.84 Å². The molecule has 0 bridgehead atoms. The summed E-state index contributed by atoms with van der Waals surface area (Å²) in [5, 5.41) is 2.98. The van der Waals surface area contributed by atoms with E-state index in [1.807, 2.05) is 19.9 Å². The molecule has 2 rings (SSSR count). The first-order valence-corrected chi connectivity index (χ1v) is 7.58. The molecule has 3 nitrogen and oxygen atoms in total. The van der Waals surface area contributed by atoms with Gasteiger partial charge in [0.25, 0.3) is 0 Å². The highest BCUT2D eigenvalue weighted by Crippen LogP contribution is 2.24. The van der Waals surface area contributed by atoms with Gasteiger partial charge in [-0.05, 0) is 63.0 Å². The number of sulfone groups is 1. The smallest absolute Gasteiger partial charge is 0.181 e. The number of nitrogens with one attached hydrogen (secondary N) is 1. The van der Waals surface area contributed by atoms with Crippen molar-refractivity contribution in [3.63, 3.8) is 0 Å². The summed E-state index contributed by atoms with van der Waals surface area (Å²) in [5.74, 6) is 0. The summed E-state index contributed by atoms with van der Waals surface area (Å²) in [6.07, 6.45) is 1.44. The molecule has 0 radical (unpaired) electrons. The molecule has 0 saturated carbocycles. The van der Waals surface area contributed by atoms with E-state index in [0.717, 1.165) is 37.1 Å². The maximum Gasteiger partial charge on any atom is 0.181 e. The molecule has 17 heavy (non-hydrogen) atoms. The number of hydrogen-bond acceptors (Lipinski definition) is 3. The number of aryl methyl sites for hydroxylation is 2. The van der Waals surface area contributed by atoms with Crippen LogP contribution in [-0.2, 0) is 9.84 Å². The van der Waals surface area contributed by atoms with E-state index < -0.39 is 9.84 Å². The van der Waals surface area contributed by atoms with Gasteiger partial charge in [0.05, 0.1) is 10.1 Å². The van der Waals surface area contributed by atoms with Crippen LogP contribution in [0.15, 0.2) is 23.1 Å². The summed E-state index contributed by atoms with van der Waals surface area (Å²) in [7, 11) is -3.15. The van der Waals surface area contributed by atoms with Gasteiger partial charge in [-0.1, -0.05) is 6.07 Å². The van der Waals surface area contributed by atoms with Gasteiger partial charge in [0, 0.05) is 0 Å². The fourth-order valence-electron chi connectivity index (χ4n) is 2.40. The summed E-state index contributed by atoms with van der Waals surface area (Å²) >= 11 is 0. The molecule has 0 unspecified atom stereocenters. The molecule has 1 N–H and O–H groups in total. The Balaban J connectivity index is 2.36. The maximum atomic E-state index is 12.5. The first-order valence-electron chi connectivity index (χ1n) is 6.03. The third kappa shape index (κ3) is 2.69. The number of piperidine rings is 1. The standard InChI is InChI=1S/C13H19NO2S/c1-10-7-11(2)9-13(8-10)17(15,16)12-3-5-14-6-4-12/h7-9,12,14H,3-6H2,1-2H3. The molecule has 1 aromatic carbocycles. The van der Waals surface area contributed by atoms with Gasteiger partial charge >= 0.3 is 0 Å². The van der Waals surface area contributed by atoms with Crippen LogP contribution in [0.5, 0.6) is 0 Å². The normalized spacial score (nSPS) is 18.2. The van der Waals surface area contributed by atoms with E-state index in [2.05, 4.69) is 5.32 Å². The molecular formula is C13H19NO2S. The Hall–Kier alpha value is -0.870. The zero-order chi connectivity index (χ0) is 12.5.